The fraction of sp³-hybridized carbons (Fsp3) is 0.480. The lowest BCUT2D eigenvalue weighted by Crippen LogP contribution is -2.40. The molecule has 36 heavy (non-hydrogen) atoms. The van der Waals surface area contributed by atoms with Gasteiger partial charge in [-0.25, -0.2) is 8.42 Å². The second-order valence-corrected chi connectivity index (χ2v) is 10.9. The highest BCUT2D eigenvalue weighted by Crippen LogP contribution is 2.36. The first-order chi connectivity index (χ1) is 17.1. The van der Waals surface area contributed by atoms with Crippen LogP contribution in [0.25, 0.3) is 0 Å². The first-order valence-electron chi connectivity index (χ1n) is 12.1. The molecule has 0 aromatic heterocycles. The van der Waals surface area contributed by atoms with Crippen LogP contribution in [0.4, 0.5) is 24.5 Å². The van der Waals surface area contributed by atoms with Gasteiger partial charge in [-0.2, -0.15) is 17.5 Å². The predicted molar refractivity (Wildman–Crippen MR) is 130 cm³/mol. The number of nitrogens with zero attached hydrogens (tertiary/aromatic N) is 2. The average molecular weight is 526 g/mol. The van der Waals surface area contributed by atoms with E-state index in [-0.39, 0.29) is 17.0 Å². The number of carbonyl (C=O) groups excluding carboxylic acids is 1. The molecule has 2 fully saturated rings. The molecule has 0 atom stereocenters. The molecule has 1 amide bonds. The third-order valence-corrected chi connectivity index (χ3v) is 8.38. The maximum Gasteiger partial charge on any atom is 0.416 e. The fourth-order valence-corrected chi connectivity index (χ4v) is 5.87. The maximum atomic E-state index is 13.3. The Morgan fingerprint density at radius 3 is 2.25 bits per heavy atom. The molecule has 196 valence electrons. The van der Waals surface area contributed by atoms with Crippen LogP contribution in [-0.4, -0.2) is 58.0 Å². The highest BCUT2D eigenvalue weighted by atomic mass is 32.2. The summed E-state index contributed by atoms with van der Waals surface area (Å²) in [7, 11) is -3.61. The van der Waals surface area contributed by atoms with Gasteiger partial charge in [0.05, 0.1) is 35.0 Å². The summed E-state index contributed by atoms with van der Waals surface area (Å²) in [6.45, 7) is 2.79. The molecule has 2 aromatic carbocycles. The van der Waals surface area contributed by atoms with E-state index in [1.165, 1.54) is 22.5 Å². The number of alkyl halides is 3. The number of rotatable bonds is 7. The van der Waals surface area contributed by atoms with Gasteiger partial charge >= 0.3 is 6.18 Å². The Morgan fingerprint density at radius 2 is 1.61 bits per heavy atom. The Bertz CT molecular complexity index is 1160. The van der Waals surface area contributed by atoms with Crippen LogP contribution in [-0.2, 0) is 32.2 Å². The first kappa shape index (κ1) is 26.4. The lowest BCUT2D eigenvalue weighted by atomic mass is 10.1. The van der Waals surface area contributed by atoms with Crippen LogP contribution in [0.15, 0.2) is 47.4 Å². The first-order valence-corrected chi connectivity index (χ1v) is 13.5. The number of hydrogen-bond acceptors (Lipinski definition) is 5. The zero-order valence-electron chi connectivity index (χ0n) is 19.9. The normalized spacial score (nSPS) is 17.7. The quantitative estimate of drug-likeness (QED) is 0.584. The number of benzene rings is 2. The molecular formula is C25H30F3N3O4S. The monoisotopic (exact) mass is 525 g/mol. The highest BCUT2D eigenvalue weighted by Gasteiger charge is 2.32. The van der Waals surface area contributed by atoms with Crippen molar-refractivity contribution in [2.24, 2.45) is 0 Å². The van der Waals surface area contributed by atoms with E-state index in [4.69, 9.17) is 4.74 Å². The van der Waals surface area contributed by atoms with Crippen molar-refractivity contribution in [3.63, 3.8) is 0 Å². The molecule has 2 heterocycles. The Balaban J connectivity index is 1.41. The summed E-state index contributed by atoms with van der Waals surface area (Å²) >= 11 is 0. The minimum absolute atomic E-state index is 0.0469. The zero-order chi connectivity index (χ0) is 25.8. The molecule has 0 aliphatic carbocycles. The second-order valence-electron chi connectivity index (χ2n) is 8.99. The Labute approximate surface area is 209 Å². The van der Waals surface area contributed by atoms with Crippen LogP contribution in [0.5, 0.6) is 0 Å². The van der Waals surface area contributed by atoms with Gasteiger partial charge in [0.1, 0.15) is 0 Å². The lowest BCUT2D eigenvalue weighted by Gasteiger charge is -2.31. The van der Waals surface area contributed by atoms with Crippen LogP contribution >= 0.6 is 0 Å². The van der Waals surface area contributed by atoms with E-state index in [1.54, 1.807) is 12.1 Å². The molecule has 11 heteroatoms. The van der Waals surface area contributed by atoms with E-state index in [9.17, 15) is 26.4 Å². The summed E-state index contributed by atoms with van der Waals surface area (Å²) in [5, 5.41) is 2.67. The molecule has 0 unspecified atom stereocenters. The molecule has 0 bridgehead atoms. The van der Waals surface area contributed by atoms with Gasteiger partial charge in [-0.1, -0.05) is 12.1 Å². The minimum Gasteiger partial charge on any atom is -0.379 e. The van der Waals surface area contributed by atoms with Gasteiger partial charge in [0.2, 0.25) is 15.9 Å². The van der Waals surface area contributed by atoms with Crippen molar-refractivity contribution in [3.8, 4) is 0 Å². The molecule has 4 rings (SSSR count). The number of hydrogen-bond donors (Lipinski definition) is 1. The smallest absolute Gasteiger partial charge is 0.379 e. The van der Waals surface area contributed by atoms with Crippen molar-refractivity contribution in [3.05, 3.63) is 53.6 Å². The minimum atomic E-state index is -4.51. The van der Waals surface area contributed by atoms with Crippen LogP contribution in [0.2, 0.25) is 0 Å². The van der Waals surface area contributed by atoms with Gasteiger partial charge < -0.3 is 15.0 Å². The summed E-state index contributed by atoms with van der Waals surface area (Å²) in [6.07, 6.45) is -1.17. The number of halogens is 3. The van der Waals surface area contributed by atoms with Gasteiger partial charge in [0.25, 0.3) is 0 Å². The van der Waals surface area contributed by atoms with Crippen molar-refractivity contribution in [2.75, 3.05) is 49.6 Å². The number of nitrogens with one attached hydrogen (secondary N) is 1. The van der Waals surface area contributed by atoms with Gasteiger partial charge in [-0.05, 0) is 61.6 Å². The summed E-state index contributed by atoms with van der Waals surface area (Å²) in [4.78, 5) is 14.9. The topological polar surface area (TPSA) is 79.0 Å². The number of ether oxygens (including phenoxy) is 1. The molecule has 7 nitrogen and oxygen atoms in total. The predicted octanol–water partition coefficient (Wildman–Crippen LogP) is 4.29. The Kier molecular flexibility index (Phi) is 8.21. The highest BCUT2D eigenvalue weighted by molar-refractivity contribution is 7.89. The molecule has 1 N–H and O–H groups in total. The zero-order valence-corrected chi connectivity index (χ0v) is 20.7. The van der Waals surface area contributed by atoms with E-state index < -0.39 is 27.7 Å². The number of aryl methyl sites for hydroxylation is 1. The number of amides is 1. The Morgan fingerprint density at radius 1 is 0.944 bits per heavy atom. The standard InChI is InChI=1S/C25H30F3N3O4S/c26-25(27,28)20-7-10-23(30-12-2-1-3-13-30)22(18-20)29-24(32)11-6-19-4-8-21(9-5-19)36(33,34)31-14-16-35-17-15-31/h4-5,7-10,18H,1-3,6,11-17H2,(H,29,32). The third-order valence-electron chi connectivity index (χ3n) is 6.47. The van der Waals surface area contributed by atoms with Gasteiger partial charge in [-0.15, -0.1) is 0 Å². The van der Waals surface area contributed by atoms with E-state index in [1.807, 2.05) is 4.90 Å². The SMILES string of the molecule is O=C(CCc1ccc(S(=O)(=O)N2CCOCC2)cc1)Nc1cc(C(F)(F)F)ccc1N1CCCCC1. The average Bonchev–Trinajstić information content (AvgIpc) is 2.88. The summed E-state index contributed by atoms with van der Waals surface area (Å²) in [5.41, 5.74) is 0.694. The molecule has 2 aliphatic rings. The summed E-state index contributed by atoms with van der Waals surface area (Å²) in [5.74, 6) is -0.405. The molecule has 2 saturated heterocycles. The van der Waals surface area contributed by atoms with Crippen LogP contribution in [0, 0.1) is 0 Å². The number of piperidine rings is 1. The van der Waals surface area contributed by atoms with Crippen molar-refractivity contribution >= 4 is 27.3 Å². The van der Waals surface area contributed by atoms with Gasteiger partial charge in [-0.3, -0.25) is 4.79 Å². The second kappa shape index (κ2) is 11.2. The fourth-order valence-electron chi connectivity index (χ4n) is 4.46. The summed E-state index contributed by atoms with van der Waals surface area (Å²) in [6, 6.07) is 9.81. The van der Waals surface area contributed by atoms with Crippen molar-refractivity contribution < 1.29 is 31.1 Å². The largest absolute Gasteiger partial charge is 0.416 e. The third kappa shape index (κ3) is 6.37. The van der Waals surface area contributed by atoms with Crippen molar-refractivity contribution in [1.82, 2.24) is 4.31 Å². The number of morpholine rings is 1. The van der Waals surface area contributed by atoms with E-state index in [2.05, 4.69) is 5.32 Å². The van der Waals surface area contributed by atoms with E-state index >= 15 is 0 Å². The van der Waals surface area contributed by atoms with Crippen molar-refractivity contribution in [1.29, 1.82) is 0 Å². The van der Waals surface area contributed by atoms with Crippen molar-refractivity contribution in [2.45, 2.75) is 43.2 Å². The van der Waals surface area contributed by atoms with Gasteiger partial charge in [0.15, 0.2) is 0 Å². The molecule has 0 spiro atoms. The van der Waals surface area contributed by atoms with Crippen LogP contribution in [0.3, 0.4) is 0 Å². The van der Waals surface area contributed by atoms with E-state index in [0.717, 1.165) is 50.0 Å². The molecule has 0 saturated carbocycles. The molecule has 0 radical (unpaired) electrons. The lowest BCUT2D eigenvalue weighted by molar-refractivity contribution is -0.137. The van der Waals surface area contributed by atoms with Crippen LogP contribution < -0.4 is 10.2 Å². The molecule has 2 aliphatic heterocycles. The van der Waals surface area contributed by atoms with Gasteiger partial charge in [0, 0.05) is 32.6 Å². The number of sulfonamides is 1. The number of carbonyl (C=O) groups is 1. The van der Waals surface area contributed by atoms with Crippen LogP contribution in [0.1, 0.15) is 36.8 Å². The maximum absolute atomic E-state index is 13.3. The molecule has 2 aromatic rings. The Hall–Kier alpha value is -2.63. The van der Waals surface area contributed by atoms with E-state index in [0.29, 0.717) is 38.4 Å². The summed E-state index contributed by atoms with van der Waals surface area (Å²) < 4.78 is 72.0. The number of anilines is 2. The molecular weight excluding hydrogens is 495 g/mol.